The second-order valence-electron chi connectivity index (χ2n) is 5.17. The number of thioether (sulfide) groups is 1. The zero-order valence-electron chi connectivity index (χ0n) is 13.5. The van der Waals surface area contributed by atoms with Crippen molar-refractivity contribution in [3.8, 4) is 5.69 Å². The molecule has 3 aromatic rings. The number of anilines is 1. The summed E-state index contributed by atoms with van der Waals surface area (Å²) in [5, 5.41) is 18.4. The standard InChI is InChI=1S/C16H11ClN4O3S3/c17-10-4-6-12(7-5-10)20-16(25)27-15(19-20)26-9-14(22)18-11-2-1-3-13(8-11)21(23)24/h1-8H,9H2,(H,18,22). The first-order valence-corrected chi connectivity index (χ1v) is 10.0. The molecule has 3 rings (SSSR count). The van der Waals surface area contributed by atoms with Gasteiger partial charge in [0.15, 0.2) is 8.29 Å². The highest BCUT2D eigenvalue weighted by Crippen LogP contribution is 2.25. The fraction of sp³-hybridized carbons (Fsp3) is 0.0625. The first kappa shape index (κ1) is 19.5. The number of aromatic nitrogens is 2. The van der Waals surface area contributed by atoms with Crippen molar-refractivity contribution in [1.82, 2.24) is 9.78 Å². The number of nitrogens with one attached hydrogen (secondary N) is 1. The molecule has 0 fully saturated rings. The number of amides is 1. The first-order chi connectivity index (χ1) is 12.9. The number of rotatable bonds is 6. The van der Waals surface area contributed by atoms with Crippen molar-refractivity contribution in [2.24, 2.45) is 0 Å². The summed E-state index contributed by atoms with van der Waals surface area (Å²) >= 11 is 13.7. The van der Waals surface area contributed by atoms with Crippen LogP contribution in [0, 0.1) is 14.1 Å². The molecule has 1 heterocycles. The van der Waals surface area contributed by atoms with Gasteiger partial charge in [0, 0.05) is 22.8 Å². The van der Waals surface area contributed by atoms with Gasteiger partial charge in [-0.3, -0.25) is 14.9 Å². The minimum Gasteiger partial charge on any atom is -0.325 e. The predicted molar refractivity (Wildman–Crippen MR) is 110 cm³/mol. The molecular weight excluding hydrogens is 428 g/mol. The molecule has 0 saturated heterocycles. The Morgan fingerprint density at radius 2 is 2.07 bits per heavy atom. The number of carbonyl (C=O) groups is 1. The lowest BCUT2D eigenvalue weighted by molar-refractivity contribution is -0.384. The molecule has 2 aromatic carbocycles. The fourth-order valence-corrected chi connectivity index (χ4v) is 4.37. The Kier molecular flexibility index (Phi) is 6.22. The molecule has 0 radical (unpaired) electrons. The molecule has 0 saturated carbocycles. The average Bonchev–Trinajstić information content (AvgIpc) is 3.01. The van der Waals surface area contributed by atoms with E-state index in [0.717, 1.165) is 5.69 Å². The Balaban J connectivity index is 1.63. The highest BCUT2D eigenvalue weighted by molar-refractivity contribution is 8.01. The second-order valence-corrected chi connectivity index (χ2v) is 8.45. The van der Waals surface area contributed by atoms with Crippen molar-refractivity contribution in [2.75, 3.05) is 11.1 Å². The van der Waals surface area contributed by atoms with E-state index in [1.165, 1.54) is 41.3 Å². The first-order valence-electron chi connectivity index (χ1n) is 7.45. The molecule has 7 nitrogen and oxygen atoms in total. The molecular formula is C16H11ClN4O3S3. The van der Waals surface area contributed by atoms with Gasteiger partial charge in [-0.05, 0) is 42.5 Å². The van der Waals surface area contributed by atoms with Crippen LogP contribution in [-0.4, -0.2) is 26.4 Å². The predicted octanol–water partition coefficient (Wildman–Crippen LogP) is 4.96. The summed E-state index contributed by atoms with van der Waals surface area (Å²) in [6, 6.07) is 12.9. The lowest BCUT2D eigenvalue weighted by atomic mass is 10.3. The third kappa shape index (κ3) is 5.13. The Morgan fingerprint density at radius 1 is 1.33 bits per heavy atom. The van der Waals surface area contributed by atoms with Gasteiger partial charge in [-0.25, -0.2) is 4.68 Å². The van der Waals surface area contributed by atoms with Crippen LogP contribution in [0.4, 0.5) is 11.4 Å². The van der Waals surface area contributed by atoms with Gasteiger partial charge in [0.05, 0.1) is 16.4 Å². The largest absolute Gasteiger partial charge is 0.325 e. The van der Waals surface area contributed by atoms with Crippen molar-refractivity contribution in [3.63, 3.8) is 0 Å². The van der Waals surface area contributed by atoms with E-state index in [4.69, 9.17) is 23.8 Å². The summed E-state index contributed by atoms with van der Waals surface area (Å²) in [5.41, 5.74) is 1.07. The molecule has 11 heteroatoms. The summed E-state index contributed by atoms with van der Waals surface area (Å²) in [4.78, 5) is 22.4. The summed E-state index contributed by atoms with van der Waals surface area (Å²) in [6.07, 6.45) is 0. The maximum absolute atomic E-state index is 12.1. The van der Waals surface area contributed by atoms with Crippen molar-refractivity contribution < 1.29 is 9.72 Å². The summed E-state index contributed by atoms with van der Waals surface area (Å²) in [6.45, 7) is 0. The van der Waals surface area contributed by atoms with Crippen LogP contribution in [0.15, 0.2) is 52.9 Å². The maximum Gasteiger partial charge on any atom is 0.271 e. The molecule has 0 bridgehead atoms. The number of nitro groups is 1. The summed E-state index contributed by atoms with van der Waals surface area (Å²) in [5.74, 6) is -0.189. The number of halogens is 1. The van der Waals surface area contributed by atoms with Gasteiger partial charge in [0.1, 0.15) is 0 Å². The van der Waals surface area contributed by atoms with Crippen molar-refractivity contribution >= 4 is 64.2 Å². The van der Waals surface area contributed by atoms with Gasteiger partial charge >= 0.3 is 0 Å². The summed E-state index contributed by atoms with van der Waals surface area (Å²) in [7, 11) is 0. The minimum atomic E-state index is -0.513. The van der Waals surface area contributed by atoms with Crippen LogP contribution in [0.3, 0.4) is 0 Å². The third-order valence-corrected chi connectivity index (χ3v) is 5.89. The number of hydrogen-bond donors (Lipinski definition) is 1. The maximum atomic E-state index is 12.1. The SMILES string of the molecule is O=C(CSc1nn(-c2ccc(Cl)cc2)c(=S)s1)Nc1cccc([N+](=O)[O-])c1. The molecule has 1 aromatic heterocycles. The van der Waals surface area contributed by atoms with E-state index in [0.29, 0.717) is 19.0 Å². The van der Waals surface area contributed by atoms with E-state index in [9.17, 15) is 14.9 Å². The number of carbonyl (C=O) groups excluding carboxylic acids is 1. The van der Waals surface area contributed by atoms with Crippen LogP contribution >= 0.6 is 46.9 Å². The van der Waals surface area contributed by atoms with Gasteiger partial charge in [-0.2, -0.15) is 0 Å². The smallest absolute Gasteiger partial charge is 0.271 e. The van der Waals surface area contributed by atoms with E-state index >= 15 is 0 Å². The number of hydrogen-bond acceptors (Lipinski definition) is 7. The van der Waals surface area contributed by atoms with Crippen LogP contribution < -0.4 is 5.32 Å². The molecule has 0 aliphatic carbocycles. The van der Waals surface area contributed by atoms with Crippen molar-refractivity contribution in [1.29, 1.82) is 0 Å². The lowest BCUT2D eigenvalue weighted by Gasteiger charge is -2.04. The number of nitrogens with zero attached hydrogens (tertiary/aromatic N) is 3. The molecule has 0 atom stereocenters. The van der Waals surface area contributed by atoms with E-state index in [1.807, 2.05) is 0 Å². The van der Waals surface area contributed by atoms with E-state index < -0.39 is 4.92 Å². The molecule has 0 aliphatic heterocycles. The molecule has 0 unspecified atom stereocenters. The van der Waals surface area contributed by atoms with E-state index in [-0.39, 0.29) is 17.3 Å². The van der Waals surface area contributed by atoms with E-state index in [2.05, 4.69) is 10.4 Å². The van der Waals surface area contributed by atoms with Crippen LogP contribution in [0.5, 0.6) is 0 Å². The number of non-ortho nitro benzene ring substituents is 1. The van der Waals surface area contributed by atoms with Crippen molar-refractivity contribution in [3.05, 3.63) is 67.6 Å². The highest BCUT2D eigenvalue weighted by atomic mass is 35.5. The molecule has 0 aliphatic rings. The molecule has 1 N–H and O–H groups in total. The van der Waals surface area contributed by atoms with Crippen molar-refractivity contribution in [2.45, 2.75) is 4.34 Å². The Bertz CT molecular complexity index is 1050. The fourth-order valence-electron chi connectivity index (χ4n) is 2.09. The zero-order valence-corrected chi connectivity index (χ0v) is 16.7. The van der Waals surface area contributed by atoms with Crippen LogP contribution in [0.2, 0.25) is 5.02 Å². The zero-order chi connectivity index (χ0) is 19.4. The monoisotopic (exact) mass is 438 g/mol. The Labute approximate surface area is 172 Å². The molecule has 27 heavy (non-hydrogen) atoms. The molecule has 1 amide bonds. The van der Waals surface area contributed by atoms with Gasteiger partial charge in [0.25, 0.3) is 5.69 Å². The summed E-state index contributed by atoms with van der Waals surface area (Å²) < 4.78 is 2.81. The van der Waals surface area contributed by atoms with Gasteiger partial charge in [0.2, 0.25) is 5.91 Å². The number of nitro benzene ring substituents is 1. The Morgan fingerprint density at radius 3 is 2.78 bits per heavy atom. The lowest BCUT2D eigenvalue weighted by Crippen LogP contribution is -2.14. The van der Waals surface area contributed by atoms with Gasteiger partial charge < -0.3 is 5.32 Å². The van der Waals surface area contributed by atoms with Gasteiger partial charge in [-0.15, -0.1) is 5.10 Å². The van der Waals surface area contributed by atoms with Crippen LogP contribution in [-0.2, 0) is 4.79 Å². The van der Waals surface area contributed by atoms with E-state index in [1.54, 1.807) is 35.0 Å². The van der Waals surface area contributed by atoms with Gasteiger partial charge in [-0.1, -0.05) is 40.8 Å². The quantitative estimate of drug-likeness (QED) is 0.253. The van der Waals surface area contributed by atoms with Crippen LogP contribution in [0.1, 0.15) is 0 Å². The molecule has 138 valence electrons. The highest BCUT2D eigenvalue weighted by Gasteiger charge is 2.11. The topological polar surface area (TPSA) is 90.1 Å². The average molecular weight is 439 g/mol. The Hall–Kier alpha value is -2.27. The normalized spacial score (nSPS) is 10.6. The van der Waals surface area contributed by atoms with Crippen LogP contribution in [0.25, 0.3) is 5.69 Å². The third-order valence-electron chi connectivity index (χ3n) is 3.27. The minimum absolute atomic E-state index is 0.0832. The molecule has 0 spiro atoms. The second kappa shape index (κ2) is 8.61. The number of benzene rings is 2.